The first-order valence-corrected chi connectivity index (χ1v) is 6.24. The van der Waals surface area contributed by atoms with Crippen LogP contribution < -0.4 is 5.73 Å². The highest BCUT2D eigenvalue weighted by Gasteiger charge is 2.24. The molecule has 1 saturated carbocycles. The van der Waals surface area contributed by atoms with Gasteiger partial charge in [0.05, 0.1) is 0 Å². The van der Waals surface area contributed by atoms with Gasteiger partial charge in [0.15, 0.2) is 0 Å². The number of benzene rings is 1. The molecule has 0 aromatic heterocycles. The SMILES string of the molecule is NCc1cccc(C(F)C2CCCCC2)c1. The molecule has 1 aromatic rings. The molecule has 1 aliphatic carbocycles. The van der Waals surface area contributed by atoms with Crippen LogP contribution in [0.1, 0.15) is 49.4 Å². The summed E-state index contributed by atoms with van der Waals surface area (Å²) in [7, 11) is 0. The summed E-state index contributed by atoms with van der Waals surface area (Å²) in [6.45, 7) is 0.491. The summed E-state index contributed by atoms with van der Waals surface area (Å²) in [6.07, 6.45) is 4.91. The number of alkyl halides is 1. The Morgan fingerprint density at radius 3 is 2.69 bits per heavy atom. The Labute approximate surface area is 96.9 Å². The van der Waals surface area contributed by atoms with Gasteiger partial charge in [-0.15, -0.1) is 0 Å². The molecule has 1 unspecified atom stereocenters. The molecular weight excluding hydrogens is 201 g/mol. The minimum Gasteiger partial charge on any atom is -0.326 e. The Balaban J connectivity index is 2.09. The van der Waals surface area contributed by atoms with Crippen LogP contribution in [-0.4, -0.2) is 0 Å². The second-order valence-electron chi connectivity index (χ2n) is 4.75. The molecule has 1 atom stereocenters. The molecule has 1 fully saturated rings. The highest BCUT2D eigenvalue weighted by molar-refractivity contribution is 5.25. The Bertz CT molecular complexity index is 331. The molecule has 0 heterocycles. The van der Waals surface area contributed by atoms with E-state index in [1.54, 1.807) is 0 Å². The predicted octanol–water partition coefficient (Wildman–Crippen LogP) is 3.74. The summed E-state index contributed by atoms with van der Waals surface area (Å²) in [5.41, 5.74) is 7.41. The highest BCUT2D eigenvalue weighted by Crippen LogP contribution is 2.37. The van der Waals surface area contributed by atoms with Crippen molar-refractivity contribution < 1.29 is 4.39 Å². The van der Waals surface area contributed by atoms with E-state index in [4.69, 9.17) is 5.73 Å². The summed E-state index contributed by atoms with van der Waals surface area (Å²) in [5.74, 6) is 0.224. The van der Waals surface area contributed by atoms with Crippen LogP contribution in [0.15, 0.2) is 24.3 Å². The molecule has 0 spiro atoms. The molecule has 0 aliphatic heterocycles. The van der Waals surface area contributed by atoms with E-state index in [0.29, 0.717) is 6.54 Å². The third kappa shape index (κ3) is 2.62. The maximum absolute atomic E-state index is 14.3. The van der Waals surface area contributed by atoms with E-state index in [9.17, 15) is 4.39 Å². The third-order valence-corrected chi connectivity index (χ3v) is 3.57. The molecule has 2 N–H and O–H groups in total. The maximum Gasteiger partial charge on any atom is 0.128 e. The molecule has 1 nitrogen and oxygen atoms in total. The molecular formula is C14H20FN. The van der Waals surface area contributed by atoms with Gasteiger partial charge in [0.1, 0.15) is 6.17 Å². The summed E-state index contributed by atoms with van der Waals surface area (Å²) < 4.78 is 14.3. The van der Waals surface area contributed by atoms with Crippen molar-refractivity contribution in [1.29, 1.82) is 0 Å². The Morgan fingerprint density at radius 2 is 2.00 bits per heavy atom. The number of rotatable bonds is 3. The fourth-order valence-electron chi connectivity index (χ4n) is 2.59. The van der Waals surface area contributed by atoms with Crippen LogP contribution in [0, 0.1) is 5.92 Å². The summed E-state index contributed by atoms with van der Waals surface area (Å²) in [4.78, 5) is 0. The summed E-state index contributed by atoms with van der Waals surface area (Å²) in [5, 5.41) is 0. The van der Waals surface area contributed by atoms with E-state index < -0.39 is 6.17 Å². The Hall–Kier alpha value is -0.890. The minimum atomic E-state index is -0.799. The van der Waals surface area contributed by atoms with E-state index in [-0.39, 0.29) is 5.92 Å². The molecule has 1 aliphatic rings. The lowest BCUT2D eigenvalue weighted by atomic mass is 9.83. The van der Waals surface area contributed by atoms with Gasteiger partial charge in [0, 0.05) is 6.54 Å². The lowest BCUT2D eigenvalue weighted by Gasteiger charge is -2.25. The van der Waals surface area contributed by atoms with Gasteiger partial charge in [-0.1, -0.05) is 43.5 Å². The van der Waals surface area contributed by atoms with Gasteiger partial charge in [-0.05, 0) is 29.9 Å². The van der Waals surface area contributed by atoms with Crippen LogP contribution in [0.4, 0.5) is 4.39 Å². The van der Waals surface area contributed by atoms with Gasteiger partial charge < -0.3 is 5.73 Å². The van der Waals surface area contributed by atoms with Gasteiger partial charge in [0.2, 0.25) is 0 Å². The first-order chi connectivity index (χ1) is 7.81. The minimum absolute atomic E-state index is 0.224. The first kappa shape index (κ1) is 11.6. The molecule has 2 heteroatoms. The van der Waals surface area contributed by atoms with Crippen LogP contribution >= 0.6 is 0 Å². The van der Waals surface area contributed by atoms with Crippen molar-refractivity contribution >= 4 is 0 Å². The number of nitrogens with two attached hydrogens (primary N) is 1. The average molecular weight is 221 g/mol. The topological polar surface area (TPSA) is 26.0 Å². The normalized spacial score (nSPS) is 19.6. The highest BCUT2D eigenvalue weighted by atomic mass is 19.1. The summed E-state index contributed by atoms with van der Waals surface area (Å²) in [6, 6.07) is 7.67. The van der Waals surface area contributed by atoms with Crippen LogP contribution in [0.3, 0.4) is 0 Å². The molecule has 1 aromatic carbocycles. The molecule has 0 amide bonds. The number of halogens is 1. The zero-order valence-corrected chi connectivity index (χ0v) is 9.66. The molecule has 0 saturated heterocycles. The van der Waals surface area contributed by atoms with Crippen molar-refractivity contribution in [3.63, 3.8) is 0 Å². The van der Waals surface area contributed by atoms with Crippen molar-refractivity contribution in [1.82, 2.24) is 0 Å². The average Bonchev–Trinajstić information content (AvgIpc) is 2.39. The van der Waals surface area contributed by atoms with Crippen LogP contribution in [-0.2, 0) is 6.54 Å². The van der Waals surface area contributed by atoms with E-state index in [0.717, 1.165) is 24.0 Å². The van der Waals surface area contributed by atoms with Gasteiger partial charge in [0.25, 0.3) is 0 Å². The second-order valence-corrected chi connectivity index (χ2v) is 4.75. The lowest BCUT2D eigenvalue weighted by Crippen LogP contribution is -2.13. The van der Waals surface area contributed by atoms with Crippen molar-refractivity contribution in [2.24, 2.45) is 11.7 Å². The van der Waals surface area contributed by atoms with Crippen LogP contribution in [0.25, 0.3) is 0 Å². The number of hydrogen-bond acceptors (Lipinski definition) is 1. The Morgan fingerprint density at radius 1 is 1.25 bits per heavy atom. The van der Waals surface area contributed by atoms with E-state index in [2.05, 4.69) is 0 Å². The lowest BCUT2D eigenvalue weighted by molar-refractivity contribution is 0.183. The largest absolute Gasteiger partial charge is 0.326 e. The van der Waals surface area contributed by atoms with Crippen LogP contribution in [0.2, 0.25) is 0 Å². The molecule has 0 bridgehead atoms. The van der Waals surface area contributed by atoms with E-state index in [1.165, 1.54) is 19.3 Å². The standard InChI is InChI=1S/C14H20FN/c15-14(12-6-2-1-3-7-12)13-8-4-5-11(9-13)10-16/h4-5,8-9,12,14H,1-3,6-7,10,16H2. The smallest absolute Gasteiger partial charge is 0.128 e. The molecule has 0 radical (unpaired) electrons. The molecule has 88 valence electrons. The monoisotopic (exact) mass is 221 g/mol. The van der Waals surface area contributed by atoms with Crippen molar-refractivity contribution in [2.75, 3.05) is 0 Å². The zero-order valence-electron chi connectivity index (χ0n) is 9.66. The van der Waals surface area contributed by atoms with Crippen molar-refractivity contribution in [2.45, 2.75) is 44.8 Å². The van der Waals surface area contributed by atoms with E-state index in [1.807, 2.05) is 24.3 Å². The molecule has 16 heavy (non-hydrogen) atoms. The first-order valence-electron chi connectivity index (χ1n) is 6.24. The maximum atomic E-state index is 14.3. The van der Waals surface area contributed by atoms with Gasteiger partial charge in [-0.3, -0.25) is 0 Å². The molecule has 2 rings (SSSR count). The quantitative estimate of drug-likeness (QED) is 0.826. The van der Waals surface area contributed by atoms with Gasteiger partial charge in [-0.2, -0.15) is 0 Å². The zero-order chi connectivity index (χ0) is 11.4. The van der Waals surface area contributed by atoms with Crippen molar-refractivity contribution in [3.8, 4) is 0 Å². The number of hydrogen-bond donors (Lipinski definition) is 1. The fourth-order valence-corrected chi connectivity index (χ4v) is 2.59. The van der Waals surface area contributed by atoms with Gasteiger partial charge in [-0.25, -0.2) is 4.39 Å². The third-order valence-electron chi connectivity index (χ3n) is 3.57. The predicted molar refractivity (Wildman–Crippen MR) is 64.8 cm³/mol. The van der Waals surface area contributed by atoms with E-state index >= 15 is 0 Å². The second kappa shape index (κ2) is 5.44. The van der Waals surface area contributed by atoms with Gasteiger partial charge >= 0.3 is 0 Å². The van der Waals surface area contributed by atoms with Crippen molar-refractivity contribution in [3.05, 3.63) is 35.4 Å². The van der Waals surface area contributed by atoms with Crippen LogP contribution in [0.5, 0.6) is 0 Å². The summed E-state index contributed by atoms with van der Waals surface area (Å²) >= 11 is 0. The fraction of sp³-hybridized carbons (Fsp3) is 0.571. The Kier molecular flexibility index (Phi) is 3.94.